The van der Waals surface area contributed by atoms with Crippen molar-refractivity contribution in [1.29, 1.82) is 0 Å². The second-order valence-corrected chi connectivity index (χ2v) is 22.0. The number of allylic oxidation sites excluding steroid dienone is 2. The van der Waals surface area contributed by atoms with Crippen LogP contribution in [0.25, 0.3) is 5.57 Å². The van der Waals surface area contributed by atoms with E-state index in [0.717, 1.165) is 38.9 Å². The molecule has 0 aromatic heterocycles. The number of Topliss-reactive ketones (excluding diaryl/α,β-unsaturated/α-hetero) is 1. The van der Waals surface area contributed by atoms with Gasteiger partial charge in [-0.15, -0.1) is 0 Å². The van der Waals surface area contributed by atoms with Crippen LogP contribution in [0, 0.1) is 53.9 Å². The van der Waals surface area contributed by atoms with E-state index in [0.29, 0.717) is 60.6 Å². The first-order valence-corrected chi connectivity index (χ1v) is 25.0. The van der Waals surface area contributed by atoms with Crippen LogP contribution in [0.4, 0.5) is 11.4 Å². The molecular formula is C57H72N4O11. The molecule has 72 heavy (non-hydrogen) atoms. The summed E-state index contributed by atoms with van der Waals surface area (Å²) in [5.41, 5.74) is 5.51. The highest BCUT2D eigenvalue weighted by molar-refractivity contribution is 6.44. The number of ether oxygens (including phenoxy) is 4. The van der Waals surface area contributed by atoms with Gasteiger partial charge in [0.2, 0.25) is 22.9 Å². The van der Waals surface area contributed by atoms with Gasteiger partial charge in [-0.25, -0.2) is 14.6 Å². The minimum atomic E-state index is -1.32. The molecule has 15 nitrogen and oxygen atoms in total. The Morgan fingerprint density at radius 1 is 0.736 bits per heavy atom. The molecule has 3 aromatic rings. The summed E-state index contributed by atoms with van der Waals surface area (Å²) in [5.74, 6) is -1.43. The Morgan fingerprint density at radius 2 is 1.25 bits per heavy atom. The number of carbonyl (C=O) groups is 5. The van der Waals surface area contributed by atoms with Gasteiger partial charge in [-0.1, -0.05) is 20.8 Å². The van der Waals surface area contributed by atoms with Crippen LogP contribution in [-0.4, -0.2) is 93.5 Å². The lowest BCUT2D eigenvalue weighted by molar-refractivity contribution is -0.162. The number of amides is 2. The van der Waals surface area contributed by atoms with E-state index in [1.54, 1.807) is 52.8 Å². The molecule has 0 spiro atoms. The lowest BCUT2D eigenvalue weighted by atomic mass is 9.79. The smallest absolute Gasteiger partial charge is 0.350 e. The van der Waals surface area contributed by atoms with Gasteiger partial charge in [0.15, 0.2) is 0 Å². The average Bonchev–Trinajstić information content (AvgIpc) is 3.63. The Kier molecular flexibility index (Phi) is 14.1. The molecule has 0 saturated heterocycles. The number of anilines is 2. The van der Waals surface area contributed by atoms with Crippen LogP contribution in [0.15, 0.2) is 40.2 Å². The zero-order valence-electron chi connectivity index (χ0n) is 45.0. The molecule has 2 unspecified atom stereocenters. The van der Waals surface area contributed by atoms with E-state index in [2.05, 4.69) is 31.2 Å². The summed E-state index contributed by atoms with van der Waals surface area (Å²) in [5, 5.41) is 31.1. The maximum atomic E-state index is 14.2. The van der Waals surface area contributed by atoms with Crippen LogP contribution in [0.1, 0.15) is 137 Å². The van der Waals surface area contributed by atoms with Gasteiger partial charge in [0.1, 0.15) is 36.2 Å². The maximum absolute atomic E-state index is 14.2. The Morgan fingerprint density at radius 3 is 1.75 bits per heavy atom. The van der Waals surface area contributed by atoms with Gasteiger partial charge in [0.25, 0.3) is 5.91 Å². The number of benzene rings is 3. The number of nitrogens with one attached hydrogen (secondary N) is 1. The summed E-state index contributed by atoms with van der Waals surface area (Å²) in [4.78, 5) is 71.5. The van der Waals surface area contributed by atoms with Crippen LogP contribution in [-0.2, 0) is 46.3 Å². The predicted octanol–water partition coefficient (Wildman–Crippen LogP) is 9.55. The number of aromatic hydroxyl groups is 1. The first kappa shape index (κ1) is 53.2. The number of carbonyl (C=O) groups excluding carboxylic acids is 5. The van der Waals surface area contributed by atoms with Gasteiger partial charge >= 0.3 is 11.9 Å². The molecule has 0 saturated carbocycles. The van der Waals surface area contributed by atoms with E-state index >= 15 is 0 Å². The zero-order valence-corrected chi connectivity index (χ0v) is 45.0. The molecule has 0 fully saturated rings. The lowest BCUT2D eigenvalue weighted by Crippen LogP contribution is -2.47. The van der Waals surface area contributed by atoms with Crippen molar-refractivity contribution in [3.05, 3.63) is 90.7 Å². The maximum Gasteiger partial charge on any atom is 0.350 e. The van der Waals surface area contributed by atoms with Gasteiger partial charge in [0, 0.05) is 35.1 Å². The molecule has 7 rings (SSSR count). The molecule has 386 valence electrons. The molecule has 1 aliphatic carbocycles. The third-order valence-corrected chi connectivity index (χ3v) is 15.7. The largest absolute Gasteiger partial charge is 0.507 e. The van der Waals surface area contributed by atoms with E-state index < -0.39 is 51.5 Å². The van der Waals surface area contributed by atoms with Gasteiger partial charge in [-0.3, -0.25) is 14.4 Å². The van der Waals surface area contributed by atoms with Gasteiger partial charge in [0.05, 0.1) is 46.7 Å². The standard InChI is InChI=1S/C57H72N4O11/c1-17-55(13,14)51(66)58-41-28-37(18-19-40(41)43-46(63)44(47(43)64)42-36(9)59-61(50(42)65)54(10,11)12)60(24-26-69-52(67)56(15)22-20-38-31(4)29(2)30(3)33(6)48(38)71-56)25-27-70-53(68)57(16)23-21-39-35(8)45(62)32(5)34(7)49(39)72-57/h18-19,28,62-63H,17,20-27H2,1-16H3,(H,58,66). The number of aliphatic hydroxyl groups is 1. The molecule has 2 amide bonds. The van der Waals surface area contributed by atoms with Crippen molar-refractivity contribution in [2.75, 3.05) is 36.5 Å². The second-order valence-electron chi connectivity index (χ2n) is 22.0. The highest BCUT2D eigenvalue weighted by atomic mass is 16.6. The summed E-state index contributed by atoms with van der Waals surface area (Å²) in [7, 11) is 0. The number of esters is 2. The van der Waals surface area contributed by atoms with E-state index in [9.17, 15) is 34.2 Å². The molecule has 4 aliphatic rings. The van der Waals surface area contributed by atoms with Crippen molar-refractivity contribution in [3.63, 3.8) is 0 Å². The third kappa shape index (κ3) is 9.23. The van der Waals surface area contributed by atoms with E-state index in [1.807, 2.05) is 60.3 Å². The number of phenolic OH excluding ortho intramolecular Hbond substituents is 1. The third-order valence-electron chi connectivity index (χ3n) is 15.7. The van der Waals surface area contributed by atoms with Gasteiger partial charge in [-0.05, 0) is 172 Å². The van der Waals surface area contributed by atoms with Crippen LogP contribution >= 0.6 is 0 Å². The van der Waals surface area contributed by atoms with Crippen LogP contribution in [0.3, 0.4) is 0 Å². The number of hydrogen-bond acceptors (Lipinski definition) is 13. The van der Waals surface area contributed by atoms with Crippen molar-refractivity contribution in [1.82, 2.24) is 5.01 Å². The Balaban J connectivity index is 1.20. The Labute approximate surface area is 423 Å². The van der Waals surface area contributed by atoms with Crippen LogP contribution in [0.2, 0.25) is 0 Å². The molecule has 15 heteroatoms. The summed E-state index contributed by atoms with van der Waals surface area (Å²) in [6.07, 6.45) is 2.36. The number of rotatable bonds is 13. The van der Waals surface area contributed by atoms with E-state index in [-0.39, 0.29) is 65.9 Å². The number of nitrogens with zero attached hydrogens (tertiary/aromatic N) is 3. The molecule has 3 N–H and O–H groups in total. The van der Waals surface area contributed by atoms with Crippen molar-refractivity contribution >= 4 is 52.2 Å². The quantitative estimate of drug-likeness (QED) is 0.109. The molecule has 0 bridgehead atoms. The first-order valence-electron chi connectivity index (χ1n) is 25.0. The molecule has 3 aromatic carbocycles. The number of ketones is 1. The summed E-state index contributed by atoms with van der Waals surface area (Å²) in [6, 6.07) is 4.98. The van der Waals surface area contributed by atoms with Crippen molar-refractivity contribution in [2.45, 2.75) is 160 Å². The number of hydrazone groups is 1. The minimum Gasteiger partial charge on any atom is -0.507 e. The highest BCUT2D eigenvalue weighted by Crippen LogP contribution is 2.46. The van der Waals surface area contributed by atoms with Crippen LogP contribution < -0.4 is 19.7 Å². The van der Waals surface area contributed by atoms with Crippen molar-refractivity contribution in [2.24, 2.45) is 10.5 Å². The fourth-order valence-electron chi connectivity index (χ4n) is 9.78. The summed E-state index contributed by atoms with van der Waals surface area (Å²) < 4.78 is 24.9. The summed E-state index contributed by atoms with van der Waals surface area (Å²) >= 11 is 0. The summed E-state index contributed by atoms with van der Waals surface area (Å²) in [6.45, 7) is 29.7. The van der Waals surface area contributed by atoms with Gasteiger partial charge < -0.3 is 39.4 Å². The van der Waals surface area contributed by atoms with E-state index in [4.69, 9.17) is 18.9 Å². The second kappa shape index (κ2) is 19.1. The van der Waals surface area contributed by atoms with Gasteiger partial charge in [-0.2, -0.15) is 5.10 Å². The Bertz CT molecular complexity index is 2830. The lowest BCUT2D eigenvalue weighted by Gasteiger charge is -2.36. The van der Waals surface area contributed by atoms with E-state index in [1.165, 1.54) is 10.6 Å². The normalized spacial score (nSPS) is 20.8. The van der Waals surface area contributed by atoms with Crippen molar-refractivity contribution < 1.29 is 53.1 Å². The molecular weight excluding hydrogens is 917 g/mol. The number of fused-ring (bicyclic) bond motifs is 2. The van der Waals surface area contributed by atoms with Crippen LogP contribution in [0.5, 0.6) is 17.2 Å². The SMILES string of the molecule is CCC(C)(C)C(=O)Nc1cc(N(CCOC(=O)C2(C)CCc3c(C)c(C)c(C)c(C)c3O2)CCOC(=O)C2(C)CCc3c(C)c(O)c(C)c(C)c3O2)ccc1C1=C(O)C(=C2C(=O)N(C(C)(C)C)N=C2C)C1=O. The molecule has 3 aliphatic heterocycles. The number of hydrogen-bond donors (Lipinski definition) is 3. The molecule has 0 radical (unpaired) electrons. The van der Waals surface area contributed by atoms with Crippen molar-refractivity contribution in [3.8, 4) is 17.2 Å². The molecule has 3 heterocycles. The predicted molar refractivity (Wildman–Crippen MR) is 277 cm³/mol. The number of aliphatic hydroxyl groups excluding tert-OH is 1. The molecule has 2 atom stereocenters. The zero-order chi connectivity index (χ0) is 53.3. The first-order chi connectivity index (χ1) is 33.5. The number of phenols is 1. The highest BCUT2D eigenvalue weighted by Gasteiger charge is 2.47. The fourth-order valence-corrected chi connectivity index (χ4v) is 9.78. The monoisotopic (exact) mass is 989 g/mol. The Hall–Kier alpha value is -6.64. The topological polar surface area (TPSA) is 194 Å². The average molecular weight is 989 g/mol. The minimum absolute atomic E-state index is 0.0178. The fraction of sp³-hybridized carbons (Fsp3) is 0.509.